The molecule has 1 N–H and O–H groups in total. The van der Waals surface area contributed by atoms with Gasteiger partial charge in [-0.2, -0.15) is 5.10 Å². The van der Waals surface area contributed by atoms with Crippen molar-refractivity contribution in [3.05, 3.63) is 70.9 Å². The smallest absolute Gasteiger partial charge is 0.254 e. The van der Waals surface area contributed by atoms with Gasteiger partial charge < -0.3 is 15.0 Å². The van der Waals surface area contributed by atoms with Gasteiger partial charge in [-0.1, -0.05) is 45.4 Å². The second-order valence-electron chi connectivity index (χ2n) is 9.06. The lowest BCUT2D eigenvalue weighted by Gasteiger charge is -2.22. The Morgan fingerprint density at radius 2 is 1.82 bits per heavy atom. The van der Waals surface area contributed by atoms with Crippen LogP contribution in [0.3, 0.4) is 0 Å². The minimum atomic E-state index is -0.307. The summed E-state index contributed by atoms with van der Waals surface area (Å²) < 4.78 is 6.94. The Kier molecular flexibility index (Phi) is 7.99. The molecule has 7 nitrogen and oxygen atoms in total. The van der Waals surface area contributed by atoms with Crippen molar-refractivity contribution in [1.82, 2.24) is 14.7 Å². The maximum atomic E-state index is 13.1. The number of carbonyl (C=O) groups is 2. The fraction of sp³-hybridized carbons (Fsp3) is 0.346. The number of halogens is 1. The summed E-state index contributed by atoms with van der Waals surface area (Å²) in [5.74, 6) is 0.719. The number of hydrogen-bond donors (Lipinski definition) is 1. The van der Waals surface area contributed by atoms with Crippen LogP contribution in [-0.2, 0) is 10.2 Å². The molecule has 34 heavy (non-hydrogen) atoms. The number of aromatic nitrogens is 2. The van der Waals surface area contributed by atoms with Gasteiger partial charge in [0.25, 0.3) is 5.91 Å². The predicted octanol–water partition coefficient (Wildman–Crippen LogP) is 5.32. The molecule has 0 atom stereocenters. The first kappa shape index (κ1) is 25.3. The lowest BCUT2D eigenvalue weighted by molar-refractivity contribution is -0.116. The van der Waals surface area contributed by atoms with E-state index in [9.17, 15) is 9.59 Å². The Morgan fingerprint density at radius 1 is 1.12 bits per heavy atom. The number of carbonyl (C=O) groups excluding carboxylic acids is 2. The number of nitrogens with one attached hydrogen (secondary N) is 1. The standard InChI is InChI=1S/C26H31ClN4O3/c1-6-14-30(25(33)18-8-7-9-19(27)15-18)17-24(32)28-23-16-22(26(2,3)4)29-31(23)20-10-12-21(34-5)13-11-20/h7-13,15-16H,6,14,17H2,1-5H3,(H,28,32). The molecule has 0 unspecified atom stereocenters. The zero-order chi connectivity index (χ0) is 24.9. The van der Waals surface area contributed by atoms with E-state index in [4.69, 9.17) is 21.4 Å². The van der Waals surface area contributed by atoms with Crippen molar-refractivity contribution in [2.45, 2.75) is 39.5 Å². The van der Waals surface area contributed by atoms with E-state index in [1.54, 1.807) is 36.1 Å². The Labute approximate surface area is 205 Å². The molecule has 0 aliphatic carbocycles. The molecule has 0 bridgehead atoms. The number of ether oxygens (including phenoxy) is 1. The van der Waals surface area contributed by atoms with Crippen molar-refractivity contribution < 1.29 is 14.3 Å². The second kappa shape index (κ2) is 10.7. The Hall–Kier alpha value is -3.32. The van der Waals surface area contributed by atoms with Gasteiger partial charge >= 0.3 is 0 Å². The number of methoxy groups -OCH3 is 1. The van der Waals surface area contributed by atoms with Crippen molar-refractivity contribution in [2.75, 3.05) is 25.5 Å². The molecule has 0 saturated carbocycles. The first-order valence-corrected chi connectivity index (χ1v) is 11.6. The third-order valence-electron chi connectivity index (χ3n) is 5.25. The number of anilines is 1. The zero-order valence-electron chi connectivity index (χ0n) is 20.3. The molecule has 0 spiro atoms. The summed E-state index contributed by atoms with van der Waals surface area (Å²) in [6.07, 6.45) is 0.720. The molecule has 1 heterocycles. The summed E-state index contributed by atoms with van der Waals surface area (Å²) in [4.78, 5) is 27.6. The maximum Gasteiger partial charge on any atom is 0.254 e. The molecular formula is C26H31ClN4O3. The van der Waals surface area contributed by atoms with Crippen molar-refractivity contribution in [1.29, 1.82) is 0 Å². The van der Waals surface area contributed by atoms with Gasteiger partial charge in [0.15, 0.2) is 0 Å². The molecule has 0 aliphatic rings. The maximum absolute atomic E-state index is 13.1. The van der Waals surface area contributed by atoms with E-state index >= 15 is 0 Å². The van der Waals surface area contributed by atoms with Gasteiger partial charge in [0.2, 0.25) is 5.91 Å². The van der Waals surface area contributed by atoms with Crippen molar-refractivity contribution >= 4 is 29.2 Å². The first-order chi connectivity index (χ1) is 16.1. The Morgan fingerprint density at radius 3 is 2.41 bits per heavy atom. The zero-order valence-corrected chi connectivity index (χ0v) is 21.0. The van der Waals surface area contributed by atoms with Gasteiger partial charge in [-0.25, -0.2) is 4.68 Å². The lowest BCUT2D eigenvalue weighted by atomic mass is 9.92. The highest BCUT2D eigenvalue weighted by molar-refractivity contribution is 6.31. The predicted molar refractivity (Wildman–Crippen MR) is 135 cm³/mol. The van der Waals surface area contributed by atoms with Crippen LogP contribution in [0.2, 0.25) is 5.02 Å². The van der Waals surface area contributed by atoms with E-state index in [1.807, 2.05) is 37.3 Å². The highest BCUT2D eigenvalue weighted by Gasteiger charge is 2.23. The summed E-state index contributed by atoms with van der Waals surface area (Å²) in [7, 11) is 1.61. The number of benzene rings is 2. The summed E-state index contributed by atoms with van der Waals surface area (Å²) in [5, 5.41) is 8.16. The first-order valence-electron chi connectivity index (χ1n) is 11.2. The summed E-state index contributed by atoms with van der Waals surface area (Å²) in [5.41, 5.74) is 1.85. The molecule has 3 aromatic rings. The molecule has 2 amide bonds. The Balaban J connectivity index is 1.85. The van der Waals surface area contributed by atoms with E-state index in [-0.39, 0.29) is 23.8 Å². The number of amides is 2. The lowest BCUT2D eigenvalue weighted by Crippen LogP contribution is -2.38. The molecule has 2 aromatic carbocycles. The highest BCUT2D eigenvalue weighted by Crippen LogP contribution is 2.27. The van der Waals surface area contributed by atoms with Gasteiger partial charge in [-0.3, -0.25) is 9.59 Å². The van der Waals surface area contributed by atoms with Crippen LogP contribution in [0.4, 0.5) is 5.82 Å². The van der Waals surface area contributed by atoms with Gasteiger partial charge in [-0.15, -0.1) is 0 Å². The fourth-order valence-corrected chi connectivity index (χ4v) is 3.63. The summed E-state index contributed by atoms with van der Waals surface area (Å²) in [6.45, 7) is 8.51. The highest BCUT2D eigenvalue weighted by atomic mass is 35.5. The molecule has 0 radical (unpaired) electrons. The van der Waals surface area contributed by atoms with Crippen LogP contribution in [0.1, 0.15) is 50.2 Å². The minimum absolute atomic E-state index is 0.0855. The molecule has 0 aliphatic heterocycles. The average molecular weight is 483 g/mol. The van der Waals surface area contributed by atoms with Crippen LogP contribution in [0.25, 0.3) is 5.69 Å². The molecule has 0 saturated heterocycles. The third kappa shape index (κ3) is 6.17. The topological polar surface area (TPSA) is 76.5 Å². The molecule has 0 fully saturated rings. The molecule has 8 heteroatoms. The quantitative estimate of drug-likeness (QED) is 0.471. The van der Waals surface area contributed by atoms with Crippen LogP contribution < -0.4 is 10.1 Å². The average Bonchev–Trinajstić information content (AvgIpc) is 3.22. The molecule has 1 aromatic heterocycles. The van der Waals surface area contributed by atoms with Gasteiger partial charge in [0.05, 0.1) is 18.5 Å². The summed E-state index contributed by atoms with van der Waals surface area (Å²) >= 11 is 6.05. The van der Waals surface area contributed by atoms with E-state index in [2.05, 4.69) is 26.1 Å². The van der Waals surface area contributed by atoms with Crippen molar-refractivity contribution in [2.24, 2.45) is 0 Å². The van der Waals surface area contributed by atoms with Gasteiger partial charge in [-0.05, 0) is 48.9 Å². The second-order valence-corrected chi connectivity index (χ2v) is 9.50. The van der Waals surface area contributed by atoms with Crippen molar-refractivity contribution in [3.63, 3.8) is 0 Å². The Bertz CT molecular complexity index is 1150. The van der Waals surface area contributed by atoms with Gasteiger partial charge in [0.1, 0.15) is 18.1 Å². The van der Waals surface area contributed by atoms with Crippen LogP contribution in [0.5, 0.6) is 5.75 Å². The summed E-state index contributed by atoms with van der Waals surface area (Å²) in [6, 6.07) is 16.0. The number of nitrogens with zero attached hydrogens (tertiary/aromatic N) is 3. The molecular weight excluding hydrogens is 452 g/mol. The van der Waals surface area contributed by atoms with Crippen LogP contribution in [0, 0.1) is 0 Å². The van der Waals surface area contributed by atoms with E-state index in [0.29, 0.717) is 22.9 Å². The third-order valence-corrected chi connectivity index (χ3v) is 5.48. The SMILES string of the molecule is CCCN(CC(=O)Nc1cc(C(C)(C)C)nn1-c1ccc(OC)cc1)C(=O)c1cccc(Cl)c1. The van der Waals surface area contributed by atoms with Crippen LogP contribution >= 0.6 is 11.6 Å². The number of rotatable bonds is 8. The van der Waals surface area contributed by atoms with Crippen LogP contribution in [-0.4, -0.2) is 46.7 Å². The number of hydrogen-bond acceptors (Lipinski definition) is 4. The van der Waals surface area contributed by atoms with Crippen molar-refractivity contribution in [3.8, 4) is 11.4 Å². The van der Waals surface area contributed by atoms with E-state index < -0.39 is 0 Å². The molecule has 180 valence electrons. The van der Waals surface area contributed by atoms with Crippen LogP contribution in [0.15, 0.2) is 54.6 Å². The largest absolute Gasteiger partial charge is 0.497 e. The minimum Gasteiger partial charge on any atom is -0.497 e. The fourth-order valence-electron chi connectivity index (χ4n) is 3.44. The monoisotopic (exact) mass is 482 g/mol. The van der Waals surface area contributed by atoms with E-state index in [1.165, 1.54) is 4.90 Å². The van der Waals surface area contributed by atoms with E-state index in [0.717, 1.165) is 23.6 Å². The van der Waals surface area contributed by atoms with Gasteiger partial charge in [0, 0.05) is 28.6 Å². The molecule has 3 rings (SSSR count). The normalized spacial score (nSPS) is 11.2.